The van der Waals surface area contributed by atoms with E-state index in [1.165, 1.54) is 0 Å². The van der Waals surface area contributed by atoms with Crippen molar-refractivity contribution in [1.29, 1.82) is 0 Å². The number of hydrogen-bond acceptors (Lipinski definition) is 2. The molecule has 0 radical (unpaired) electrons. The van der Waals surface area contributed by atoms with Gasteiger partial charge in [0.1, 0.15) is 0 Å². The number of carbonyl (C=O) groups excluding carboxylic acids is 1. The number of carbonyl (C=O) groups is 1. The van der Waals surface area contributed by atoms with Crippen molar-refractivity contribution in [3.63, 3.8) is 0 Å². The normalized spacial score (nSPS) is 10.7. The lowest BCUT2D eigenvalue weighted by Crippen LogP contribution is -2.42. The second kappa shape index (κ2) is 7.62. The van der Waals surface area contributed by atoms with E-state index < -0.39 is 5.41 Å². The number of nitrogens with one attached hydrogen (secondary N) is 1. The predicted molar refractivity (Wildman–Crippen MR) is 78.2 cm³/mol. The summed E-state index contributed by atoms with van der Waals surface area (Å²) in [5, 5.41) is 3.61. The standard InChI is InChI=1S/C13H19ClN2O.ClH/c1-13(2,9-15)12(17)16-8-7-10-3-5-11(14)6-4-10;/h3-6H,7-9,15H2,1-2H3,(H,16,17);1H. The zero-order valence-electron chi connectivity index (χ0n) is 10.7. The van der Waals surface area contributed by atoms with E-state index >= 15 is 0 Å². The summed E-state index contributed by atoms with van der Waals surface area (Å²) >= 11 is 5.79. The summed E-state index contributed by atoms with van der Waals surface area (Å²) < 4.78 is 0. The van der Waals surface area contributed by atoms with Crippen LogP contribution in [-0.2, 0) is 11.2 Å². The van der Waals surface area contributed by atoms with Crippen LogP contribution in [0.3, 0.4) is 0 Å². The Hall–Kier alpha value is -0.770. The van der Waals surface area contributed by atoms with E-state index in [9.17, 15) is 4.79 Å². The highest BCUT2D eigenvalue weighted by atomic mass is 35.5. The molecule has 0 bridgehead atoms. The zero-order valence-corrected chi connectivity index (χ0v) is 12.3. The lowest BCUT2D eigenvalue weighted by atomic mass is 9.92. The fraction of sp³-hybridized carbons (Fsp3) is 0.462. The number of benzene rings is 1. The number of hydrogen-bond donors (Lipinski definition) is 2. The Morgan fingerprint density at radius 2 is 1.89 bits per heavy atom. The average molecular weight is 291 g/mol. The van der Waals surface area contributed by atoms with Gasteiger partial charge in [0.2, 0.25) is 5.91 Å². The van der Waals surface area contributed by atoms with Crippen LogP contribution >= 0.6 is 24.0 Å². The lowest BCUT2D eigenvalue weighted by molar-refractivity contribution is -0.128. The first-order valence-electron chi connectivity index (χ1n) is 5.68. The van der Waals surface area contributed by atoms with E-state index in [0.717, 1.165) is 17.0 Å². The van der Waals surface area contributed by atoms with E-state index in [1.54, 1.807) is 0 Å². The smallest absolute Gasteiger partial charge is 0.226 e. The summed E-state index contributed by atoms with van der Waals surface area (Å²) in [6.45, 7) is 4.64. The molecule has 1 aromatic rings. The van der Waals surface area contributed by atoms with Crippen LogP contribution < -0.4 is 11.1 Å². The maximum atomic E-state index is 11.7. The molecule has 0 spiro atoms. The van der Waals surface area contributed by atoms with Gasteiger partial charge < -0.3 is 11.1 Å². The van der Waals surface area contributed by atoms with Crippen molar-refractivity contribution in [2.24, 2.45) is 11.1 Å². The first kappa shape index (κ1) is 17.2. The Labute approximate surface area is 119 Å². The van der Waals surface area contributed by atoms with E-state index in [-0.39, 0.29) is 18.3 Å². The van der Waals surface area contributed by atoms with Crippen LogP contribution in [0.2, 0.25) is 5.02 Å². The van der Waals surface area contributed by atoms with Crippen LogP contribution in [0.5, 0.6) is 0 Å². The second-order valence-corrected chi connectivity index (χ2v) is 5.16. The third-order valence-electron chi connectivity index (χ3n) is 2.74. The molecule has 1 aromatic carbocycles. The van der Waals surface area contributed by atoms with Gasteiger partial charge >= 0.3 is 0 Å². The highest BCUT2D eigenvalue weighted by Gasteiger charge is 2.24. The molecule has 0 heterocycles. The number of amides is 1. The first-order valence-corrected chi connectivity index (χ1v) is 6.06. The van der Waals surface area contributed by atoms with Crippen molar-refractivity contribution in [1.82, 2.24) is 5.32 Å². The molecule has 5 heteroatoms. The summed E-state index contributed by atoms with van der Waals surface area (Å²) in [6, 6.07) is 7.62. The SMILES string of the molecule is CC(C)(CN)C(=O)NCCc1ccc(Cl)cc1.Cl. The molecule has 3 nitrogen and oxygen atoms in total. The Morgan fingerprint density at radius 1 is 1.33 bits per heavy atom. The van der Waals surface area contributed by atoms with E-state index in [2.05, 4.69) is 5.32 Å². The van der Waals surface area contributed by atoms with E-state index in [0.29, 0.717) is 13.1 Å². The molecule has 0 aliphatic rings. The van der Waals surface area contributed by atoms with Gasteiger partial charge in [0.25, 0.3) is 0 Å². The van der Waals surface area contributed by atoms with Crippen molar-refractivity contribution < 1.29 is 4.79 Å². The molecule has 1 rings (SSSR count). The Balaban J connectivity index is 0.00000289. The molecule has 0 saturated carbocycles. The topological polar surface area (TPSA) is 55.1 Å². The van der Waals surface area contributed by atoms with Gasteiger partial charge in [0, 0.05) is 18.1 Å². The second-order valence-electron chi connectivity index (χ2n) is 4.72. The number of halogens is 2. The van der Waals surface area contributed by atoms with Crippen LogP contribution in [0.25, 0.3) is 0 Å². The number of rotatable bonds is 5. The minimum absolute atomic E-state index is 0. The van der Waals surface area contributed by atoms with Crippen molar-refractivity contribution in [2.75, 3.05) is 13.1 Å². The molecule has 0 aliphatic carbocycles. The summed E-state index contributed by atoms with van der Waals surface area (Å²) in [4.78, 5) is 11.7. The molecule has 102 valence electrons. The third-order valence-corrected chi connectivity index (χ3v) is 2.99. The van der Waals surface area contributed by atoms with Crippen LogP contribution in [0.1, 0.15) is 19.4 Å². The molecule has 1 amide bonds. The van der Waals surface area contributed by atoms with Gasteiger partial charge in [-0.15, -0.1) is 12.4 Å². The van der Waals surface area contributed by atoms with Gasteiger partial charge in [-0.05, 0) is 38.0 Å². The number of nitrogens with two attached hydrogens (primary N) is 1. The largest absolute Gasteiger partial charge is 0.355 e. The molecule has 0 saturated heterocycles. The molecule has 18 heavy (non-hydrogen) atoms. The van der Waals surface area contributed by atoms with Crippen LogP contribution in [0, 0.1) is 5.41 Å². The van der Waals surface area contributed by atoms with Gasteiger partial charge in [0.05, 0.1) is 5.41 Å². The van der Waals surface area contributed by atoms with Gasteiger partial charge in [0.15, 0.2) is 0 Å². The zero-order chi connectivity index (χ0) is 12.9. The summed E-state index contributed by atoms with van der Waals surface area (Å²) in [5.41, 5.74) is 6.18. The fourth-order valence-electron chi connectivity index (χ4n) is 1.30. The monoisotopic (exact) mass is 290 g/mol. The molecule has 0 aliphatic heterocycles. The summed E-state index contributed by atoms with van der Waals surface area (Å²) in [7, 11) is 0. The minimum Gasteiger partial charge on any atom is -0.355 e. The van der Waals surface area contributed by atoms with Crippen LogP contribution in [0.15, 0.2) is 24.3 Å². The highest BCUT2D eigenvalue weighted by molar-refractivity contribution is 6.30. The quantitative estimate of drug-likeness (QED) is 0.875. The van der Waals surface area contributed by atoms with Crippen molar-refractivity contribution in [2.45, 2.75) is 20.3 Å². The highest BCUT2D eigenvalue weighted by Crippen LogP contribution is 2.12. The summed E-state index contributed by atoms with van der Waals surface area (Å²) in [5.74, 6) is -0.00559. The van der Waals surface area contributed by atoms with Gasteiger partial charge in [-0.2, -0.15) is 0 Å². The first-order chi connectivity index (χ1) is 7.95. The molecule has 0 aromatic heterocycles. The van der Waals surface area contributed by atoms with Gasteiger partial charge in [-0.25, -0.2) is 0 Å². The van der Waals surface area contributed by atoms with Gasteiger partial charge in [-0.3, -0.25) is 4.79 Å². The van der Waals surface area contributed by atoms with Crippen LogP contribution in [0.4, 0.5) is 0 Å². The van der Waals surface area contributed by atoms with Gasteiger partial charge in [-0.1, -0.05) is 23.7 Å². The Bertz CT molecular complexity index is 377. The molecular formula is C13H20Cl2N2O. The molecular weight excluding hydrogens is 271 g/mol. The Kier molecular flexibility index (Phi) is 7.29. The average Bonchev–Trinajstić information content (AvgIpc) is 2.31. The maximum absolute atomic E-state index is 11.7. The third kappa shape index (κ3) is 5.25. The summed E-state index contributed by atoms with van der Waals surface area (Å²) in [6.07, 6.45) is 0.795. The maximum Gasteiger partial charge on any atom is 0.226 e. The van der Waals surface area contributed by atoms with Crippen LogP contribution in [-0.4, -0.2) is 19.0 Å². The van der Waals surface area contributed by atoms with E-state index in [1.807, 2.05) is 38.1 Å². The molecule has 0 fully saturated rings. The molecule has 3 N–H and O–H groups in total. The molecule has 0 atom stereocenters. The minimum atomic E-state index is -0.500. The van der Waals surface area contributed by atoms with E-state index in [4.69, 9.17) is 17.3 Å². The van der Waals surface area contributed by atoms with Crippen molar-refractivity contribution in [3.05, 3.63) is 34.9 Å². The lowest BCUT2D eigenvalue weighted by Gasteiger charge is -2.21. The fourth-order valence-corrected chi connectivity index (χ4v) is 1.43. The van der Waals surface area contributed by atoms with Crippen molar-refractivity contribution in [3.8, 4) is 0 Å². The van der Waals surface area contributed by atoms with Crippen molar-refractivity contribution >= 4 is 29.9 Å². The Morgan fingerprint density at radius 3 is 2.39 bits per heavy atom. The predicted octanol–water partition coefficient (Wildman–Crippen LogP) is 2.41. The molecule has 0 unspecified atom stereocenters.